The van der Waals surface area contributed by atoms with Gasteiger partial charge in [0.1, 0.15) is 0 Å². The van der Waals surface area contributed by atoms with Crippen LogP contribution in [0.15, 0.2) is 77.9 Å². The van der Waals surface area contributed by atoms with E-state index >= 15 is 0 Å². The molecule has 1 saturated carbocycles. The molecule has 2 aliphatic rings. The van der Waals surface area contributed by atoms with Gasteiger partial charge in [-0.05, 0) is 92.4 Å². The smallest absolute Gasteiger partial charge is 0.0133 e. The van der Waals surface area contributed by atoms with Crippen LogP contribution in [0.4, 0.5) is 0 Å². The third kappa shape index (κ3) is 19.0. The number of hydrogen-bond donors (Lipinski definition) is 0. The van der Waals surface area contributed by atoms with Crippen LogP contribution in [-0.2, 0) is 6.42 Å². The topological polar surface area (TPSA) is 0 Å². The van der Waals surface area contributed by atoms with Crippen LogP contribution in [0.5, 0.6) is 0 Å². The van der Waals surface area contributed by atoms with Gasteiger partial charge in [-0.3, -0.25) is 0 Å². The first-order chi connectivity index (χ1) is 20.7. The molecule has 3 atom stereocenters. The summed E-state index contributed by atoms with van der Waals surface area (Å²) in [6.07, 6.45) is 22.0. The highest BCUT2D eigenvalue weighted by Crippen LogP contribution is 2.37. The van der Waals surface area contributed by atoms with E-state index in [2.05, 4.69) is 124 Å². The molecule has 2 aliphatic carbocycles. The van der Waals surface area contributed by atoms with E-state index in [1.54, 1.807) is 0 Å². The molecule has 0 radical (unpaired) electrons. The minimum Gasteiger partial charge on any atom is -0.0955 e. The molecule has 0 bridgehead atoms. The van der Waals surface area contributed by atoms with Crippen molar-refractivity contribution in [3.8, 4) is 0 Å². The second kappa shape index (κ2) is 30.0. The first-order valence-corrected chi connectivity index (χ1v) is 18.2. The van der Waals surface area contributed by atoms with E-state index in [-0.39, 0.29) is 0 Å². The van der Waals surface area contributed by atoms with E-state index in [0.29, 0.717) is 17.8 Å². The lowest BCUT2D eigenvalue weighted by molar-refractivity contribution is 0.414. The Morgan fingerprint density at radius 1 is 0.814 bits per heavy atom. The summed E-state index contributed by atoms with van der Waals surface area (Å²) in [6.45, 7) is 36.3. The molecule has 1 fully saturated rings. The van der Waals surface area contributed by atoms with Gasteiger partial charge in [-0.1, -0.05) is 181 Å². The molecule has 0 heterocycles. The zero-order valence-corrected chi connectivity index (χ0v) is 31.9. The minimum atomic E-state index is 0.596. The van der Waals surface area contributed by atoms with Crippen molar-refractivity contribution >= 4 is 5.57 Å². The van der Waals surface area contributed by atoms with E-state index in [1.165, 1.54) is 71.9 Å². The summed E-state index contributed by atoms with van der Waals surface area (Å²) in [6, 6.07) is 9.24. The predicted octanol–water partition coefficient (Wildman–Crippen LogP) is 15.0. The molecule has 0 saturated heterocycles. The maximum Gasteiger partial charge on any atom is -0.0133 e. The van der Waals surface area contributed by atoms with Crippen molar-refractivity contribution in [2.24, 2.45) is 23.7 Å². The molecule has 1 aromatic rings. The van der Waals surface area contributed by atoms with E-state index in [9.17, 15) is 0 Å². The Balaban J connectivity index is -0.00000117. The summed E-state index contributed by atoms with van der Waals surface area (Å²) in [7, 11) is 0. The summed E-state index contributed by atoms with van der Waals surface area (Å²) in [5, 5.41) is 0. The van der Waals surface area contributed by atoms with Gasteiger partial charge in [0.25, 0.3) is 0 Å². The Hall–Kier alpha value is -2.08. The fourth-order valence-corrected chi connectivity index (χ4v) is 5.30. The Bertz CT molecular complexity index is 894. The molecule has 0 aliphatic heterocycles. The minimum absolute atomic E-state index is 0.596. The molecule has 1 aromatic carbocycles. The summed E-state index contributed by atoms with van der Waals surface area (Å²) < 4.78 is 0. The van der Waals surface area contributed by atoms with E-state index in [1.807, 2.05) is 41.5 Å². The van der Waals surface area contributed by atoms with Gasteiger partial charge in [0, 0.05) is 0 Å². The van der Waals surface area contributed by atoms with Crippen molar-refractivity contribution in [1.29, 1.82) is 0 Å². The summed E-state index contributed by atoms with van der Waals surface area (Å²) >= 11 is 0. The lowest BCUT2D eigenvalue weighted by Crippen LogP contribution is -2.11. The van der Waals surface area contributed by atoms with Crippen LogP contribution in [0, 0.1) is 23.7 Å². The normalized spacial score (nSPS) is 18.6. The average Bonchev–Trinajstić information content (AvgIpc) is 3.50. The Morgan fingerprint density at radius 2 is 1.28 bits per heavy atom. The molecule has 0 nitrogen and oxygen atoms in total. The van der Waals surface area contributed by atoms with Crippen LogP contribution in [0.1, 0.15) is 160 Å². The number of benzene rings is 1. The molecule has 3 unspecified atom stereocenters. The van der Waals surface area contributed by atoms with Crippen LogP contribution >= 0.6 is 0 Å². The van der Waals surface area contributed by atoms with E-state index in [4.69, 9.17) is 0 Å². The molecule has 0 aromatic heterocycles. The fourth-order valence-electron chi connectivity index (χ4n) is 5.30. The number of hydrogen-bond acceptors (Lipinski definition) is 0. The van der Waals surface area contributed by atoms with Gasteiger partial charge in [0.2, 0.25) is 0 Å². The standard InChI is InChI=1S/C31H42.2C3H8.3C2H6/c1-22(2)31(26(6)25(5)29-13-10-11-14-29)20-24(4)28-18-16-27(17-19-28)21-30-15-9-7-8-12-23(30)3;2*1-3-2;3*1-2/h8-9,12,15-20,23,25,29-30H,1,7,10-11,13-14,21H2,2-6H3;2*3H2,1-2H3;3*1-2H3/b24-20+,31-26+;;;;;. The second-order valence-corrected chi connectivity index (χ2v) is 11.5. The van der Waals surface area contributed by atoms with Gasteiger partial charge in [-0.25, -0.2) is 0 Å². The third-order valence-electron chi connectivity index (χ3n) is 7.69. The lowest BCUT2D eigenvalue weighted by atomic mass is 9.82. The average molecular weight is 593 g/mol. The van der Waals surface area contributed by atoms with Gasteiger partial charge in [-0.15, -0.1) is 0 Å². The van der Waals surface area contributed by atoms with Crippen molar-refractivity contribution in [2.45, 2.75) is 155 Å². The third-order valence-corrected chi connectivity index (χ3v) is 7.69. The monoisotopic (exact) mass is 593 g/mol. The van der Waals surface area contributed by atoms with Gasteiger partial charge < -0.3 is 0 Å². The van der Waals surface area contributed by atoms with Crippen LogP contribution in [0.2, 0.25) is 0 Å². The summed E-state index contributed by atoms with van der Waals surface area (Å²) in [5.74, 6) is 2.69. The molecule has 0 N–H and O–H groups in total. The van der Waals surface area contributed by atoms with Gasteiger partial charge in [-0.2, -0.15) is 0 Å². The zero-order chi connectivity index (χ0) is 33.8. The first-order valence-electron chi connectivity index (χ1n) is 18.2. The van der Waals surface area contributed by atoms with E-state index in [0.717, 1.165) is 18.8 Å². The molecular weight excluding hydrogens is 516 g/mol. The first kappa shape index (κ1) is 45.4. The van der Waals surface area contributed by atoms with Crippen molar-refractivity contribution in [3.05, 3.63) is 89.1 Å². The second-order valence-electron chi connectivity index (χ2n) is 11.5. The van der Waals surface area contributed by atoms with Crippen molar-refractivity contribution in [2.75, 3.05) is 0 Å². The SMILES string of the molecule is C=C(C)C(/C=C(\C)c1ccc(CC2C=CCC=CC2C)cc1)=C(\C)C(C)C1CCCC1.CC.CC.CC.CCC.CCC. The van der Waals surface area contributed by atoms with E-state index < -0.39 is 0 Å². The van der Waals surface area contributed by atoms with Crippen LogP contribution in [-0.4, -0.2) is 0 Å². The predicted molar refractivity (Wildman–Crippen MR) is 204 cm³/mol. The summed E-state index contributed by atoms with van der Waals surface area (Å²) in [4.78, 5) is 0. The molecule has 0 amide bonds. The van der Waals surface area contributed by atoms with Crippen LogP contribution < -0.4 is 0 Å². The van der Waals surface area contributed by atoms with Crippen molar-refractivity contribution in [1.82, 2.24) is 0 Å². The Labute approximate surface area is 273 Å². The molecule has 0 spiro atoms. The molecular formula is C43H76. The van der Waals surface area contributed by atoms with Crippen molar-refractivity contribution in [3.63, 3.8) is 0 Å². The van der Waals surface area contributed by atoms with Crippen LogP contribution in [0.3, 0.4) is 0 Å². The number of allylic oxidation sites excluding steroid dienone is 9. The summed E-state index contributed by atoms with van der Waals surface area (Å²) in [5.41, 5.74) is 8.11. The molecule has 0 heteroatoms. The fraction of sp³-hybridized carbons (Fsp3) is 0.628. The zero-order valence-electron chi connectivity index (χ0n) is 31.9. The molecule has 3 rings (SSSR count). The van der Waals surface area contributed by atoms with Crippen LogP contribution in [0.25, 0.3) is 5.57 Å². The van der Waals surface area contributed by atoms with Gasteiger partial charge in [0.15, 0.2) is 0 Å². The Morgan fingerprint density at radius 3 is 1.74 bits per heavy atom. The Kier molecular flexibility index (Phi) is 31.6. The largest absolute Gasteiger partial charge is 0.0955 e. The van der Waals surface area contributed by atoms with Gasteiger partial charge in [0.05, 0.1) is 0 Å². The maximum absolute atomic E-state index is 4.31. The quantitative estimate of drug-likeness (QED) is 0.218. The molecule has 43 heavy (non-hydrogen) atoms. The van der Waals surface area contributed by atoms with Crippen molar-refractivity contribution < 1.29 is 0 Å². The maximum atomic E-state index is 4.31. The lowest BCUT2D eigenvalue weighted by Gasteiger charge is -2.23. The number of rotatable bonds is 7. The molecule has 248 valence electrons. The highest BCUT2D eigenvalue weighted by atomic mass is 14.3. The highest BCUT2D eigenvalue weighted by molar-refractivity contribution is 5.68. The van der Waals surface area contributed by atoms with Gasteiger partial charge >= 0.3 is 0 Å². The highest BCUT2D eigenvalue weighted by Gasteiger charge is 2.24.